The number of aromatic amines is 1. The summed E-state index contributed by atoms with van der Waals surface area (Å²) in [5.74, 6) is 0.0672. The number of carbonyl (C=O) groups is 2. The van der Waals surface area contributed by atoms with Crippen molar-refractivity contribution in [3.63, 3.8) is 0 Å². The van der Waals surface area contributed by atoms with Gasteiger partial charge in [0.05, 0.1) is 0 Å². The molecule has 0 bridgehead atoms. The Kier molecular flexibility index (Phi) is 4.53. The van der Waals surface area contributed by atoms with Crippen LogP contribution in [-0.2, 0) is 16.1 Å². The fourth-order valence-corrected chi connectivity index (χ4v) is 3.82. The van der Waals surface area contributed by atoms with E-state index in [2.05, 4.69) is 4.98 Å². The van der Waals surface area contributed by atoms with Gasteiger partial charge in [0.1, 0.15) is 6.54 Å². The van der Waals surface area contributed by atoms with Crippen molar-refractivity contribution in [2.45, 2.75) is 39.7 Å². The van der Waals surface area contributed by atoms with Crippen LogP contribution in [0.5, 0.6) is 0 Å². The molecule has 0 atom stereocenters. The minimum absolute atomic E-state index is 0.00468. The van der Waals surface area contributed by atoms with Crippen molar-refractivity contribution in [3.8, 4) is 0 Å². The number of nitrogens with zero attached hydrogens (tertiary/aromatic N) is 3. The second-order valence-electron chi connectivity index (χ2n) is 7.16. The van der Waals surface area contributed by atoms with Crippen molar-refractivity contribution >= 4 is 11.8 Å². The zero-order valence-corrected chi connectivity index (χ0v) is 14.7. The molecule has 0 aromatic carbocycles. The molecule has 2 fully saturated rings. The number of amides is 2. The number of likely N-dealkylation sites (tertiary alicyclic amines) is 2. The van der Waals surface area contributed by atoms with Gasteiger partial charge in [-0.25, -0.2) is 4.79 Å². The van der Waals surface area contributed by atoms with Crippen molar-refractivity contribution in [2.75, 3.05) is 26.2 Å². The number of hydrogen-bond acceptors (Lipinski definition) is 4. The molecule has 8 heteroatoms. The van der Waals surface area contributed by atoms with E-state index >= 15 is 0 Å². The van der Waals surface area contributed by atoms with E-state index in [4.69, 9.17) is 0 Å². The van der Waals surface area contributed by atoms with Gasteiger partial charge in [0.2, 0.25) is 11.8 Å². The Morgan fingerprint density at radius 2 is 1.92 bits per heavy atom. The minimum atomic E-state index is -0.572. The van der Waals surface area contributed by atoms with Gasteiger partial charge < -0.3 is 9.80 Å². The predicted octanol–water partition coefficient (Wildman–Crippen LogP) is -0.294. The Morgan fingerprint density at radius 1 is 1.24 bits per heavy atom. The molecule has 8 nitrogen and oxygen atoms in total. The Morgan fingerprint density at radius 3 is 2.52 bits per heavy atom. The maximum Gasteiger partial charge on any atom is 0.328 e. The summed E-state index contributed by atoms with van der Waals surface area (Å²) in [4.78, 5) is 53.6. The van der Waals surface area contributed by atoms with Gasteiger partial charge >= 0.3 is 5.69 Å². The number of aryl methyl sites for hydroxylation is 1. The molecule has 25 heavy (non-hydrogen) atoms. The molecule has 2 aliphatic rings. The number of rotatable bonds is 3. The molecule has 1 aromatic rings. The van der Waals surface area contributed by atoms with E-state index in [0.29, 0.717) is 25.1 Å². The molecular weight excluding hydrogens is 324 g/mol. The SMILES string of the molecule is CCN1CC2(CCN(C(=O)Cn3cc(C)c(=O)[nH]c3=O)CC2)CC1=O. The first kappa shape index (κ1) is 17.4. The van der Waals surface area contributed by atoms with Crippen molar-refractivity contribution in [1.29, 1.82) is 0 Å². The van der Waals surface area contributed by atoms with Gasteiger partial charge in [-0.15, -0.1) is 0 Å². The maximum atomic E-state index is 12.5. The van der Waals surface area contributed by atoms with Crippen LogP contribution in [0.1, 0.15) is 31.7 Å². The molecule has 0 aliphatic carbocycles. The van der Waals surface area contributed by atoms with Crippen molar-refractivity contribution in [3.05, 3.63) is 32.6 Å². The lowest BCUT2D eigenvalue weighted by atomic mass is 9.77. The van der Waals surface area contributed by atoms with Crippen LogP contribution in [0.4, 0.5) is 0 Å². The van der Waals surface area contributed by atoms with Crippen LogP contribution < -0.4 is 11.2 Å². The van der Waals surface area contributed by atoms with Gasteiger partial charge in [-0.1, -0.05) is 0 Å². The van der Waals surface area contributed by atoms with E-state index in [9.17, 15) is 19.2 Å². The summed E-state index contributed by atoms with van der Waals surface area (Å²) < 4.78 is 1.24. The minimum Gasteiger partial charge on any atom is -0.342 e. The smallest absolute Gasteiger partial charge is 0.328 e. The van der Waals surface area contributed by atoms with Crippen LogP contribution in [0.3, 0.4) is 0 Å². The molecule has 0 radical (unpaired) electrons. The molecule has 136 valence electrons. The van der Waals surface area contributed by atoms with E-state index in [-0.39, 0.29) is 23.8 Å². The maximum absolute atomic E-state index is 12.5. The molecule has 1 N–H and O–H groups in total. The van der Waals surface area contributed by atoms with E-state index in [1.807, 2.05) is 11.8 Å². The Hall–Kier alpha value is -2.38. The molecule has 1 spiro atoms. The third-order valence-electron chi connectivity index (χ3n) is 5.46. The van der Waals surface area contributed by atoms with Crippen molar-refractivity contribution in [1.82, 2.24) is 19.4 Å². The number of hydrogen-bond donors (Lipinski definition) is 1. The van der Waals surface area contributed by atoms with Gasteiger partial charge in [-0.2, -0.15) is 0 Å². The van der Waals surface area contributed by atoms with Gasteiger partial charge in [-0.3, -0.25) is 23.9 Å². The zero-order chi connectivity index (χ0) is 18.2. The van der Waals surface area contributed by atoms with Crippen LogP contribution in [-0.4, -0.2) is 57.3 Å². The number of aromatic nitrogens is 2. The lowest BCUT2D eigenvalue weighted by Crippen LogP contribution is -2.46. The molecule has 2 amide bonds. The quantitative estimate of drug-likeness (QED) is 0.812. The summed E-state index contributed by atoms with van der Waals surface area (Å²) in [6, 6.07) is 0. The lowest BCUT2D eigenvalue weighted by molar-refractivity contribution is -0.134. The topological polar surface area (TPSA) is 95.5 Å². The van der Waals surface area contributed by atoms with Gasteiger partial charge in [0.15, 0.2) is 0 Å². The third-order valence-corrected chi connectivity index (χ3v) is 5.46. The summed E-state index contributed by atoms with van der Waals surface area (Å²) >= 11 is 0. The van der Waals surface area contributed by atoms with Gasteiger partial charge in [-0.05, 0) is 26.7 Å². The molecular formula is C17H24N4O4. The average Bonchev–Trinajstić information content (AvgIpc) is 2.88. The molecule has 0 saturated carbocycles. The highest BCUT2D eigenvalue weighted by molar-refractivity contribution is 5.80. The first-order valence-electron chi connectivity index (χ1n) is 8.69. The summed E-state index contributed by atoms with van der Waals surface area (Å²) in [6.45, 7) is 6.21. The molecule has 0 unspecified atom stereocenters. The molecule has 1 aromatic heterocycles. The van der Waals surface area contributed by atoms with Crippen molar-refractivity contribution < 1.29 is 9.59 Å². The first-order chi connectivity index (χ1) is 11.8. The average molecular weight is 348 g/mol. The molecule has 2 saturated heterocycles. The Labute approximate surface area is 145 Å². The molecule has 2 aliphatic heterocycles. The van der Waals surface area contributed by atoms with Crippen LogP contribution in [0.25, 0.3) is 0 Å². The Bertz CT molecular complexity index is 802. The fourth-order valence-electron chi connectivity index (χ4n) is 3.82. The second kappa shape index (κ2) is 6.50. The van der Waals surface area contributed by atoms with Crippen LogP contribution in [0.2, 0.25) is 0 Å². The largest absolute Gasteiger partial charge is 0.342 e. The van der Waals surface area contributed by atoms with E-state index in [1.165, 1.54) is 10.8 Å². The second-order valence-corrected chi connectivity index (χ2v) is 7.16. The highest BCUT2D eigenvalue weighted by Crippen LogP contribution is 2.40. The third kappa shape index (κ3) is 3.38. The van der Waals surface area contributed by atoms with Gasteiger partial charge in [0, 0.05) is 49.8 Å². The Balaban J connectivity index is 1.63. The van der Waals surface area contributed by atoms with Crippen LogP contribution >= 0.6 is 0 Å². The van der Waals surface area contributed by atoms with E-state index in [1.54, 1.807) is 11.8 Å². The van der Waals surface area contributed by atoms with Gasteiger partial charge in [0.25, 0.3) is 5.56 Å². The van der Waals surface area contributed by atoms with Crippen LogP contribution in [0.15, 0.2) is 15.8 Å². The molecule has 3 heterocycles. The summed E-state index contributed by atoms with van der Waals surface area (Å²) in [7, 11) is 0. The molecule has 3 rings (SSSR count). The predicted molar refractivity (Wildman–Crippen MR) is 91.2 cm³/mol. The summed E-state index contributed by atoms with van der Waals surface area (Å²) in [5.41, 5.74) is -0.610. The number of nitrogens with one attached hydrogen (secondary N) is 1. The number of piperidine rings is 1. The lowest BCUT2D eigenvalue weighted by Gasteiger charge is -2.38. The zero-order valence-electron chi connectivity index (χ0n) is 14.7. The van der Waals surface area contributed by atoms with Crippen LogP contribution in [0, 0.1) is 12.3 Å². The highest BCUT2D eigenvalue weighted by atomic mass is 16.2. The summed E-state index contributed by atoms with van der Waals surface area (Å²) in [5, 5.41) is 0. The van der Waals surface area contributed by atoms with Crippen molar-refractivity contribution in [2.24, 2.45) is 5.41 Å². The standard InChI is InChI=1S/C17H24N4O4/c1-3-19-11-17(8-13(19)22)4-6-20(7-5-17)14(23)10-21-9-12(2)15(24)18-16(21)25/h9H,3-8,10-11H2,1-2H3,(H,18,24,25). The fraction of sp³-hybridized carbons (Fsp3) is 0.647. The highest BCUT2D eigenvalue weighted by Gasteiger charge is 2.44. The monoisotopic (exact) mass is 348 g/mol. The first-order valence-corrected chi connectivity index (χ1v) is 8.69. The van der Waals surface area contributed by atoms with E-state index < -0.39 is 11.2 Å². The number of carbonyl (C=O) groups excluding carboxylic acids is 2. The number of H-pyrrole nitrogens is 1. The normalized spacial score (nSPS) is 19.7. The van der Waals surface area contributed by atoms with E-state index in [0.717, 1.165) is 25.9 Å². The summed E-state index contributed by atoms with van der Waals surface area (Å²) in [6.07, 6.45) is 3.60.